The monoisotopic (exact) mass is 630 g/mol. The van der Waals surface area contributed by atoms with Gasteiger partial charge in [-0.05, 0) is 66.4 Å². The van der Waals surface area contributed by atoms with Crippen molar-refractivity contribution in [2.24, 2.45) is 4.99 Å². The number of aliphatic imine (C=N–C) groups is 1. The van der Waals surface area contributed by atoms with Crippen LogP contribution in [0.15, 0.2) is 173 Å². The summed E-state index contributed by atoms with van der Waals surface area (Å²) in [5, 5.41) is 4.58. The summed E-state index contributed by atoms with van der Waals surface area (Å²) in [5.41, 5.74) is 13.0. The van der Waals surface area contributed by atoms with E-state index in [2.05, 4.69) is 182 Å². The van der Waals surface area contributed by atoms with Crippen LogP contribution in [0.4, 0.5) is 0 Å². The Labute approximate surface area is 285 Å². The molecule has 49 heavy (non-hydrogen) atoms. The highest BCUT2D eigenvalue weighted by atomic mass is 16.3. The van der Waals surface area contributed by atoms with Gasteiger partial charge in [-0.15, -0.1) is 0 Å². The van der Waals surface area contributed by atoms with Gasteiger partial charge in [0.1, 0.15) is 5.58 Å². The lowest BCUT2D eigenvalue weighted by molar-refractivity contribution is 0.666. The second kappa shape index (κ2) is 11.8. The number of aryl methyl sites for hydroxylation is 1. The van der Waals surface area contributed by atoms with Gasteiger partial charge in [-0.3, -0.25) is 4.99 Å². The van der Waals surface area contributed by atoms with Crippen molar-refractivity contribution in [2.75, 3.05) is 0 Å². The zero-order valence-corrected chi connectivity index (χ0v) is 27.5. The van der Waals surface area contributed by atoms with Gasteiger partial charge >= 0.3 is 0 Å². The summed E-state index contributed by atoms with van der Waals surface area (Å²) in [6.45, 7) is 4.33. The van der Waals surface area contributed by atoms with E-state index in [1.165, 1.54) is 33.0 Å². The van der Waals surface area contributed by atoms with Gasteiger partial charge in [0, 0.05) is 32.7 Å². The Bertz CT molecular complexity index is 2680. The van der Waals surface area contributed by atoms with E-state index in [4.69, 9.17) is 9.41 Å². The number of nitrogens with zero attached hydrogens (tertiary/aromatic N) is 2. The molecule has 0 saturated carbocycles. The fourth-order valence-electron chi connectivity index (χ4n) is 7.37. The molecule has 7 aromatic carbocycles. The molecule has 0 aliphatic rings. The molecule has 0 radical (unpaired) electrons. The summed E-state index contributed by atoms with van der Waals surface area (Å²) < 4.78 is 9.23. The molecule has 1 unspecified atom stereocenters. The number of furan rings is 1. The molecule has 0 fully saturated rings. The number of aromatic nitrogens is 1. The third kappa shape index (κ3) is 4.86. The normalized spacial score (nSPS) is 12.7. The Morgan fingerprint density at radius 1 is 0.571 bits per heavy atom. The first-order valence-electron chi connectivity index (χ1n) is 16.9. The summed E-state index contributed by atoms with van der Waals surface area (Å²) in [6, 6.07) is 57.9. The lowest BCUT2D eigenvalue weighted by Gasteiger charge is -2.15. The number of fused-ring (bicyclic) bond motifs is 6. The molecule has 0 N–H and O–H groups in total. The molecule has 0 bridgehead atoms. The van der Waals surface area contributed by atoms with E-state index >= 15 is 0 Å². The average Bonchev–Trinajstić information content (AvgIpc) is 3.71. The molecule has 234 valence electrons. The molecule has 0 aliphatic heterocycles. The van der Waals surface area contributed by atoms with Crippen LogP contribution in [-0.4, -0.2) is 10.3 Å². The fraction of sp³-hybridized carbons (Fsp3) is 0.0652. The average molecular weight is 631 g/mol. The van der Waals surface area contributed by atoms with Gasteiger partial charge in [-0.1, -0.05) is 133 Å². The number of rotatable bonds is 6. The SMILES string of the molecule is Cc1ccccc1/C(=N\C(C)c1ccccc1)c1cccc2oc3c(-n4c5ccccc5c5cc(-c6ccccc6)ccc54)cccc3c12. The van der Waals surface area contributed by atoms with Crippen molar-refractivity contribution in [1.82, 2.24) is 4.57 Å². The van der Waals surface area contributed by atoms with E-state index < -0.39 is 0 Å². The number of para-hydroxylation sites is 2. The maximum Gasteiger partial charge on any atom is 0.159 e. The van der Waals surface area contributed by atoms with Crippen molar-refractivity contribution in [3.8, 4) is 16.8 Å². The molecule has 3 heteroatoms. The van der Waals surface area contributed by atoms with Crippen LogP contribution in [0, 0.1) is 6.92 Å². The van der Waals surface area contributed by atoms with Crippen LogP contribution in [0.25, 0.3) is 60.6 Å². The van der Waals surface area contributed by atoms with Crippen molar-refractivity contribution in [1.29, 1.82) is 0 Å². The number of hydrogen-bond acceptors (Lipinski definition) is 2. The second-order valence-electron chi connectivity index (χ2n) is 12.8. The largest absolute Gasteiger partial charge is 0.454 e. The number of benzene rings is 7. The van der Waals surface area contributed by atoms with Crippen LogP contribution < -0.4 is 0 Å². The predicted octanol–water partition coefficient (Wildman–Crippen LogP) is 12.3. The van der Waals surface area contributed by atoms with E-state index in [-0.39, 0.29) is 6.04 Å². The lowest BCUT2D eigenvalue weighted by atomic mass is 9.94. The molecule has 3 nitrogen and oxygen atoms in total. The summed E-state index contributed by atoms with van der Waals surface area (Å²) >= 11 is 0. The maximum atomic E-state index is 6.87. The van der Waals surface area contributed by atoms with Crippen LogP contribution in [0.5, 0.6) is 0 Å². The van der Waals surface area contributed by atoms with Crippen LogP contribution in [0.3, 0.4) is 0 Å². The van der Waals surface area contributed by atoms with Crippen molar-refractivity contribution < 1.29 is 4.42 Å². The minimum atomic E-state index is -0.0295. The van der Waals surface area contributed by atoms with Crippen molar-refractivity contribution in [2.45, 2.75) is 19.9 Å². The molecule has 0 saturated heterocycles. The summed E-state index contributed by atoms with van der Waals surface area (Å²) in [4.78, 5) is 5.44. The molecule has 2 aromatic heterocycles. The summed E-state index contributed by atoms with van der Waals surface area (Å²) in [7, 11) is 0. The molecule has 0 aliphatic carbocycles. The van der Waals surface area contributed by atoms with Gasteiger partial charge in [0.25, 0.3) is 0 Å². The second-order valence-corrected chi connectivity index (χ2v) is 12.8. The molecular formula is C46H34N2O. The maximum absolute atomic E-state index is 6.87. The highest BCUT2D eigenvalue weighted by Gasteiger charge is 2.22. The van der Waals surface area contributed by atoms with Crippen molar-refractivity contribution in [3.05, 3.63) is 186 Å². The Balaban J connectivity index is 1.29. The first kappa shape index (κ1) is 29.0. The molecule has 9 rings (SSSR count). The summed E-state index contributed by atoms with van der Waals surface area (Å²) in [5.74, 6) is 0. The summed E-state index contributed by atoms with van der Waals surface area (Å²) in [6.07, 6.45) is 0. The standard InChI is InChI=1S/C46H34N2O/c1-30-15-9-10-20-35(30)45(47-31(2)32-16-5-3-6-17-32)37-22-14-26-43-44(37)38-23-13-25-42(46(38)49-43)48-40-24-12-11-21-36(40)39-29-34(27-28-41(39)48)33-18-7-4-8-19-33/h3-29,31H,1-2H3/b47-45+. The van der Waals surface area contributed by atoms with Gasteiger partial charge in [0.05, 0.1) is 28.5 Å². The van der Waals surface area contributed by atoms with Crippen LogP contribution >= 0.6 is 0 Å². The molecular weight excluding hydrogens is 597 g/mol. The molecule has 1 atom stereocenters. The first-order valence-corrected chi connectivity index (χ1v) is 16.9. The smallest absolute Gasteiger partial charge is 0.159 e. The van der Waals surface area contributed by atoms with Crippen LogP contribution in [0.1, 0.15) is 35.2 Å². The van der Waals surface area contributed by atoms with Crippen LogP contribution in [0.2, 0.25) is 0 Å². The minimum absolute atomic E-state index is 0.0295. The Morgan fingerprint density at radius 3 is 2.08 bits per heavy atom. The molecule has 9 aromatic rings. The Kier molecular flexibility index (Phi) is 6.98. The van der Waals surface area contributed by atoms with Gasteiger partial charge in [0.15, 0.2) is 5.58 Å². The highest BCUT2D eigenvalue weighted by molar-refractivity contribution is 6.25. The lowest BCUT2D eigenvalue weighted by Crippen LogP contribution is -2.08. The zero-order valence-electron chi connectivity index (χ0n) is 27.5. The molecule has 2 heterocycles. The van der Waals surface area contributed by atoms with Crippen molar-refractivity contribution in [3.63, 3.8) is 0 Å². The Hall–Kier alpha value is -6.19. The molecule has 0 spiro atoms. The van der Waals surface area contributed by atoms with Gasteiger partial charge in [0.2, 0.25) is 0 Å². The zero-order chi connectivity index (χ0) is 32.9. The Morgan fingerprint density at radius 2 is 1.24 bits per heavy atom. The van der Waals surface area contributed by atoms with E-state index in [0.29, 0.717) is 0 Å². The third-order valence-corrected chi connectivity index (χ3v) is 9.78. The highest BCUT2D eigenvalue weighted by Crippen LogP contribution is 2.40. The van der Waals surface area contributed by atoms with Gasteiger partial charge in [-0.25, -0.2) is 0 Å². The predicted molar refractivity (Wildman–Crippen MR) is 205 cm³/mol. The van der Waals surface area contributed by atoms with E-state index in [9.17, 15) is 0 Å². The topological polar surface area (TPSA) is 30.4 Å². The van der Waals surface area contributed by atoms with Crippen LogP contribution in [-0.2, 0) is 0 Å². The van der Waals surface area contributed by atoms with E-state index in [1.807, 2.05) is 0 Å². The third-order valence-electron chi connectivity index (χ3n) is 9.78. The fourth-order valence-corrected chi connectivity index (χ4v) is 7.37. The molecule has 0 amide bonds. The first-order chi connectivity index (χ1) is 24.2. The number of hydrogen-bond donors (Lipinski definition) is 0. The van der Waals surface area contributed by atoms with Gasteiger partial charge in [-0.2, -0.15) is 0 Å². The van der Waals surface area contributed by atoms with Crippen molar-refractivity contribution >= 4 is 49.5 Å². The van der Waals surface area contributed by atoms with Gasteiger partial charge < -0.3 is 8.98 Å². The van der Waals surface area contributed by atoms with E-state index in [1.54, 1.807) is 0 Å². The quantitative estimate of drug-likeness (QED) is 0.168. The van der Waals surface area contributed by atoms with E-state index in [0.717, 1.165) is 55.5 Å². The minimum Gasteiger partial charge on any atom is -0.454 e.